The van der Waals surface area contributed by atoms with Gasteiger partial charge in [-0.15, -0.1) is 0 Å². The normalized spacial score (nSPS) is 41.8. The first-order valence-corrected chi connectivity index (χ1v) is 3.66. The summed E-state index contributed by atoms with van der Waals surface area (Å²) in [7, 11) is 0. The lowest BCUT2D eigenvalue weighted by molar-refractivity contribution is -0.166. The molecule has 1 fully saturated rings. The molecule has 13 heavy (non-hydrogen) atoms. The van der Waals surface area contributed by atoms with Crippen LogP contribution in [0, 0.1) is 0 Å². The Kier molecular flexibility index (Phi) is 2.55. The molecule has 1 aliphatic heterocycles. The number of rotatable bonds is 2. The highest BCUT2D eigenvalue weighted by Gasteiger charge is 2.57. The van der Waals surface area contributed by atoms with Crippen LogP contribution in [0.4, 0.5) is 0 Å². The van der Waals surface area contributed by atoms with E-state index < -0.39 is 29.9 Å². The molecule has 7 nitrogen and oxygen atoms in total. The van der Waals surface area contributed by atoms with Gasteiger partial charge in [0.1, 0.15) is 18.4 Å². The topological polar surface area (TPSA) is 139 Å². The third kappa shape index (κ3) is 1.30. The first-order chi connectivity index (χ1) is 5.93. The molecule has 1 rings (SSSR count). The molecule has 0 spiro atoms. The van der Waals surface area contributed by atoms with Crippen molar-refractivity contribution in [1.29, 1.82) is 0 Å². The van der Waals surface area contributed by atoms with Crippen molar-refractivity contribution >= 4 is 5.91 Å². The molecule has 1 heterocycles. The highest BCUT2D eigenvalue weighted by atomic mass is 16.6. The van der Waals surface area contributed by atoms with E-state index in [0.29, 0.717) is 0 Å². The maximum atomic E-state index is 10.9. The van der Waals surface area contributed by atoms with Crippen molar-refractivity contribution < 1.29 is 24.9 Å². The van der Waals surface area contributed by atoms with Gasteiger partial charge in [-0.05, 0) is 0 Å². The molecule has 7 N–H and O–H groups in total. The molecule has 1 aliphatic rings. The number of ether oxygens (including phenoxy) is 1. The number of amides is 1. The van der Waals surface area contributed by atoms with Crippen LogP contribution in [0.3, 0.4) is 0 Å². The number of nitrogens with two attached hydrogens (primary N) is 2. The third-order valence-corrected chi connectivity index (χ3v) is 2.12. The monoisotopic (exact) mass is 192 g/mol. The lowest BCUT2D eigenvalue weighted by atomic mass is 9.93. The molecule has 0 saturated carbocycles. The van der Waals surface area contributed by atoms with Crippen molar-refractivity contribution in [2.45, 2.75) is 24.0 Å². The second-order valence-electron chi connectivity index (χ2n) is 2.93. The molecule has 0 aromatic carbocycles. The zero-order chi connectivity index (χ0) is 10.2. The van der Waals surface area contributed by atoms with E-state index >= 15 is 0 Å². The maximum Gasteiger partial charge on any atom is 0.256 e. The highest BCUT2D eigenvalue weighted by Crippen LogP contribution is 2.28. The lowest BCUT2D eigenvalue weighted by Gasteiger charge is -2.30. The van der Waals surface area contributed by atoms with Crippen LogP contribution in [-0.2, 0) is 9.53 Å². The molecular formula is C6H12N2O5. The number of carbonyl (C=O) groups excluding carboxylic acids is 1. The minimum Gasteiger partial charge on any atom is -0.388 e. The molecule has 0 aliphatic carbocycles. The van der Waals surface area contributed by atoms with Crippen LogP contribution in [0.15, 0.2) is 0 Å². The highest BCUT2D eigenvalue weighted by molar-refractivity contribution is 5.85. The lowest BCUT2D eigenvalue weighted by Crippen LogP contribution is -2.63. The Hall–Kier alpha value is -0.730. The Bertz CT molecular complexity index is 221. The minimum absolute atomic E-state index is 0.293. The molecular weight excluding hydrogens is 180 g/mol. The standard InChI is InChI=1S/C6H12N2O5/c7-4(11)6(5(8)12)3(10)2(9)1-13-6/h2-4,9-11H,1,7H2,(H2,8,12)/t2-,3-,4?,6-/m0/s1. The SMILES string of the molecule is NC(=O)[C@]1(C(N)O)OC[C@H](O)[C@@H]1O. The summed E-state index contributed by atoms with van der Waals surface area (Å²) < 4.78 is 4.74. The zero-order valence-corrected chi connectivity index (χ0v) is 6.75. The van der Waals surface area contributed by atoms with Gasteiger partial charge in [0, 0.05) is 0 Å². The molecule has 0 aromatic heterocycles. The Labute approximate surface area is 73.9 Å². The number of primary amides is 1. The Morgan fingerprint density at radius 2 is 2.15 bits per heavy atom. The molecule has 0 radical (unpaired) electrons. The maximum absolute atomic E-state index is 10.9. The number of hydrogen-bond donors (Lipinski definition) is 5. The average molecular weight is 192 g/mol. The molecule has 7 heteroatoms. The fraction of sp³-hybridized carbons (Fsp3) is 0.833. The van der Waals surface area contributed by atoms with E-state index in [9.17, 15) is 9.90 Å². The second kappa shape index (κ2) is 3.20. The van der Waals surface area contributed by atoms with E-state index in [1.54, 1.807) is 0 Å². The van der Waals surface area contributed by atoms with E-state index in [1.165, 1.54) is 0 Å². The van der Waals surface area contributed by atoms with E-state index in [1.807, 2.05) is 0 Å². The summed E-state index contributed by atoms with van der Waals surface area (Å²) in [5.41, 5.74) is 7.86. The molecule has 76 valence electrons. The van der Waals surface area contributed by atoms with Crippen molar-refractivity contribution in [3.63, 3.8) is 0 Å². The Balaban J connectivity index is 2.99. The van der Waals surface area contributed by atoms with Crippen LogP contribution in [0.25, 0.3) is 0 Å². The molecule has 4 atom stereocenters. The minimum atomic E-state index is -2.10. The first-order valence-electron chi connectivity index (χ1n) is 3.66. The van der Waals surface area contributed by atoms with Crippen molar-refractivity contribution in [2.75, 3.05) is 6.61 Å². The van der Waals surface area contributed by atoms with E-state index in [-0.39, 0.29) is 6.61 Å². The number of aliphatic hydroxyl groups excluding tert-OH is 3. The summed E-state index contributed by atoms with van der Waals surface area (Å²) in [4.78, 5) is 10.9. The molecule has 1 saturated heterocycles. The molecule has 1 unspecified atom stereocenters. The van der Waals surface area contributed by atoms with Crippen molar-refractivity contribution in [1.82, 2.24) is 0 Å². The van der Waals surface area contributed by atoms with Crippen molar-refractivity contribution in [3.05, 3.63) is 0 Å². The summed E-state index contributed by atoms with van der Waals surface area (Å²) in [6.07, 6.45) is -4.65. The van der Waals surface area contributed by atoms with Gasteiger partial charge in [0.2, 0.25) is 5.60 Å². The number of carbonyl (C=O) groups is 1. The van der Waals surface area contributed by atoms with Crippen LogP contribution in [0.1, 0.15) is 0 Å². The molecule has 1 amide bonds. The van der Waals surface area contributed by atoms with Crippen LogP contribution >= 0.6 is 0 Å². The van der Waals surface area contributed by atoms with Crippen LogP contribution in [0.5, 0.6) is 0 Å². The first kappa shape index (κ1) is 10.4. The van der Waals surface area contributed by atoms with Gasteiger partial charge in [-0.3, -0.25) is 4.79 Å². The van der Waals surface area contributed by atoms with Gasteiger partial charge >= 0.3 is 0 Å². The summed E-state index contributed by atoms with van der Waals surface area (Å²) in [5.74, 6) is -1.11. The van der Waals surface area contributed by atoms with Crippen LogP contribution in [-0.4, -0.2) is 51.9 Å². The van der Waals surface area contributed by atoms with Gasteiger partial charge in [-0.25, -0.2) is 0 Å². The predicted molar refractivity (Wildman–Crippen MR) is 40.1 cm³/mol. The fourth-order valence-electron chi connectivity index (χ4n) is 1.31. The Morgan fingerprint density at radius 1 is 1.62 bits per heavy atom. The molecule has 0 bridgehead atoms. The van der Waals surface area contributed by atoms with Crippen LogP contribution in [0.2, 0.25) is 0 Å². The summed E-state index contributed by atoms with van der Waals surface area (Å²) in [6.45, 7) is -0.293. The van der Waals surface area contributed by atoms with Crippen molar-refractivity contribution in [2.24, 2.45) is 11.5 Å². The van der Waals surface area contributed by atoms with Gasteiger partial charge in [-0.1, -0.05) is 0 Å². The molecule has 0 aromatic rings. The Morgan fingerprint density at radius 3 is 2.31 bits per heavy atom. The predicted octanol–water partition coefficient (Wildman–Crippen LogP) is -3.76. The summed E-state index contributed by atoms with van der Waals surface area (Å²) in [5, 5.41) is 27.5. The second-order valence-corrected chi connectivity index (χ2v) is 2.93. The van der Waals surface area contributed by atoms with Crippen LogP contribution < -0.4 is 11.5 Å². The van der Waals surface area contributed by atoms with Gasteiger partial charge in [0.15, 0.2) is 0 Å². The van der Waals surface area contributed by atoms with E-state index in [4.69, 9.17) is 26.4 Å². The third-order valence-electron chi connectivity index (χ3n) is 2.12. The van der Waals surface area contributed by atoms with Gasteiger partial charge in [-0.2, -0.15) is 0 Å². The largest absolute Gasteiger partial charge is 0.388 e. The zero-order valence-electron chi connectivity index (χ0n) is 6.75. The van der Waals surface area contributed by atoms with Gasteiger partial charge < -0.3 is 31.5 Å². The fourth-order valence-corrected chi connectivity index (χ4v) is 1.31. The van der Waals surface area contributed by atoms with Crippen molar-refractivity contribution in [3.8, 4) is 0 Å². The van der Waals surface area contributed by atoms with Gasteiger partial charge in [0.25, 0.3) is 5.91 Å². The smallest absolute Gasteiger partial charge is 0.256 e. The number of aliphatic hydroxyl groups is 3. The summed E-state index contributed by atoms with van der Waals surface area (Å²) >= 11 is 0. The van der Waals surface area contributed by atoms with E-state index in [2.05, 4.69) is 0 Å². The van der Waals surface area contributed by atoms with E-state index in [0.717, 1.165) is 0 Å². The quantitative estimate of drug-likeness (QED) is 0.285. The summed E-state index contributed by atoms with van der Waals surface area (Å²) in [6, 6.07) is 0. The number of hydrogen-bond acceptors (Lipinski definition) is 6. The average Bonchev–Trinajstić information content (AvgIpc) is 2.30. The van der Waals surface area contributed by atoms with Gasteiger partial charge in [0.05, 0.1) is 6.61 Å².